The van der Waals surface area contributed by atoms with Gasteiger partial charge in [-0.05, 0) is 48.6 Å². The van der Waals surface area contributed by atoms with Crippen LogP contribution in [-0.2, 0) is 6.42 Å². The molecule has 122 valence electrons. The quantitative estimate of drug-likeness (QED) is 0.642. The number of aliphatic hydroxyl groups is 1. The topological polar surface area (TPSA) is 33.1 Å². The number of halogens is 2. The number of aromatic nitrogens is 1. The van der Waals surface area contributed by atoms with Crippen LogP contribution in [0, 0.1) is 0 Å². The van der Waals surface area contributed by atoms with Crippen LogP contribution < -0.4 is 0 Å². The fourth-order valence-electron chi connectivity index (χ4n) is 2.41. The molecule has 1 aromatic heterocycles. The third kappa shape index (κ3) is 5.35. The van der Waals surface area contributed by atoms with Crippen molar-refractivity contribution in [2.75, 3.05) is 0 Å². The van der Waals surface area contributed by atoms with Gasteiger partial charge >= 0.3 is 0 Å². The van der Waals surface area contributed by atoms with Crippen molar-refractivity contribution in [1.82, 2.24) is 4.98 Å². The molecule has 0 aliphatic heterocycles. The van der Waals surface area contributed by atoms with E-state index in [1.807, 2.05) is 24.3 Å². The summed E-state index contributed by atoms with van der Waals surface area (Å²) in [6.07, 6.45) is 8.52. The Morgan fingerprint density at radius 2 is 2.13 bits per heavy atom. The molecule has 0 amide bonds. The maximum Gasteiger partial charge on any atom is 0.102 e. The van der Waals surface area contributed by atoms with Crippen LogP contribution in [0.25, 0.3) is 0 Å². The molecule has 0 saturated heterocycles. The lowest BCUT2D eigenvalue weighted by molar-refractivity contribution is 0.209. The van der Waals surface area contributed by atoms with Gasteiger partial charge in [0.05, 0.1) is 0 Å². The highest BCUT2D eigenvalue weighted by molar-refractivity contribution is 6.35. The van der Waals surface area contributed by atoms with Crippen molar-refractivity contribution in [2.45, 2.75) is 38.7 Å². The fraction of sp³-hybridized carbons (Fsp3) is 0.316. The predicted octanol–water partition coefficient (Wildman–Crippen LogP) is 5.78. The van der Waals surface area contributed by atoms with E-state index in [-0.39, 0.29) is 0 Å². The van der Waals surface area contributed by atoms with Crippen molar-refractivity contribution in [2.24, 2.45) is 0 Å². The molecule has 1 unspecified atom stereocenters. The summed E-state index contributed by atoms with van der Waals surface area (Å²) < 4.78 is 0. The number of aliphatic hydroxyl groups excluding tert-OH is 1. The van der Waals surface area contributed by atoms with Gasteiger partial charge in [-0.2, -0.15) is 0 Å². The lowest BCUT2D eigenvalue weighted by Crippen LogP contribution is -2.03. The van der Waals surface area contributed by atoms with Gasteiger partial charge in [-0.1, -0.05) is 54.8 Å². The Morgan fingerprint density at radius 1 is 1.30 bits per heavy atom. The van der Waals surface area contributed by atoms with Crippen molar-refractivity contribution in [3.8, 4) is 0 Å². The Kier molecular flexibility index (Phi) is 7.10. The third-order valence-corrected chi connectivity index (χ3v) is 4.36. The zero-order valence-corrected chi connectivity index (χ0v) is 14.7. The van der Waals surface area contributed by atoms with E-state index in [9.17, 15) is 5.11 Å². The standard InChI is InChI=1S/C19H21Cl2NO/c1-2-3-5-15(19(23)16-6-4-11-22-13-16)8-7-14-9-10-17(20)12-18(14)21/h4,6,8-13,19,23H,2-3,5,7H2,1H3/b15-8-. The highest BCUT2D eigenvalue weighted by Crippen LogP contribution is 2.27. The molecule has 0 aliphatic carbocycles. The van der Waals surface area contributed by atoms with Gasteiger partial charge < -0.3 is 5.11 Å². The highest BCUT2D eigenvalue weighted by atomic mass is 35.5. The molecular weight excluding hydrogens is 329 g/mol. The van der Waals surface area contributed by atoms with Crippen LogP contribution in [0.5, 0.6) is 0 Å². The Balaban J connectivity index is 2.19. The highest BCUT2D eigenvalue weighted by Gasteiger charge is 2.13. The molecule has 1 N–H and O–H groups in total. The minimum absolute atomic E-state index is 0.624. The molecule has 0 saturated carbocycles. The van der Waals surface area contributed by atoms with Crippen molar-refractivity contribution < 1.29 is 5.11 Å². The Bertz CT molecular complexity index is 656. The number of nitrogens with zero attached hydrogens (tertiary/aromatic N) is 1. The number of benzene rings is 1. The largest absolute Gasteiger partial charge is 0.384 e. The monoisotopic (exact) mass is 349 g/mol. The second-order valence-corrected chi connectivity index (χ2v) is 6.35. The van der Waals surface area contributed by atoms with Gasteiger partial charge in [-0.25, -0.2) is 0 Å². The Hall–Kier alpha value is -1.35. The van der Waals surface area contributed by atoms with Crippen LogP contribution in [0.1, 0.15) is 43.4 Å². The predicted molar refractivity (Wildman–Crippen MR) is 97.0 cm³/mol. The summed E-state index contributed by atoms with van der Waals surface area (Å²) in [7, 11) is 0. The molecule has 0 spiro atoms. The number of rotatable bonds is 7. The summed E-state index contributed by atoms with van der Waals surface area (Å²) in [6, 6.07) is 9.24. The molecule has 1 heterocycles. The molecule has 1 aromatic carbocycles. The lowest BCUT2D eigenvalue weighted by atomic mass is 9.96. The number of hydrogen-bond acceptors (Lipinski definition) is 2. The summed E-state index contributed by atoms with van der Waals surface area (Å²) >= 11 is 12.2. The SMILES string of the molecule is CCCC/C(=C/Cc1ccc(Cl)cc1Cl)C(O)c1cccnc1. The number of hydrogen-bond donors (Lipinski definition) is 1. The second-order valence-electron chi connectivity index (χ2n) is 5.51. The van der Waals surface area contributed by atoms with E-state index in [0.717, 1.165) is 36.0 Å². The molecule has 0 radical (unpaired) electrons. The lowest BCUT2D eigenvalue weighted by Gasteiger charge is -2.15. The molecular formula is C19H21Cl2NO. The number of allylic oxidation sites excluding steroid dienone is 1. The van der Waals surface area contributed by atoms with E-state index >= 15 is 0 Å². The number of pyridine rings is 1. The van der Waals surface area contributed by atoms with Crippen molar-refractivity contribution in [1.29, 1.82) is 0 Å². The van der Waals surface area contributed by atoms with Crippen LogP contribution in [0.4, 0.5) is 0 Å². The zero-order valence-electron chi connectivity index (χ0n) is 13.2. The van der Waals surface area contributed by atoms with Crippen LogP contribution in [0.3, 0.4) is 0 Å². The molecule has 0 fully saturated rings. The third-order valence-electron chi connectivity index (χ3n) is 3.77. The average Bonchev–Trinajstić information content (AvgIpc) is 2.56. The summed E-state index contributed by atoms with van der Waals surface area (Å²) in [5.41, 5.74) is 2.83. The van der Waals surface area contributed by atoms with Gasteiger partial charge in [0.15, 0.2) is 0 Å². The van der Waals surface area contributed by atoms with E-state index in [1.54, 1.807) is 18.5 Å². The van der Waals surface area contributed by atoms with Crippen molar-refractivity contribution in [3.63, 3.8) is 0 Å². The van der Waals surface area contributed by atoms with E-state index in [4.69, 9.17) is 23.2 Å². The van der Waals surface area contributed by atoms with Gasteiger partial charge in [0, 0.05) is 28.0 Å². The van der Waals surface area contributed by atoms with Gasteiger partial charge in [-0.3, -0.25) is 4.98 Å². The smallest absolute Gasteiger partial charge is 0.102 e. The fourth-order valence-corrected chi connectivity index (χ4v) is 2.90. The summed E-state index contributed by atoms with van der Waals surface area (Å²) in [5, 5.41) is 11.9. The van der Waals surface area contributed by atoms with E-state index in [0.29, 0.717) is 16.5 Å². The molecule has 0 bridgehead atoms. The Morgan fingerprint density at radius 3 is 2.78 bits per heavy atom. The average molecular weight is 350 g/mol. The second kappa shape index (κ2) is 9.07. The molecule has 23 heavy (non-hydrogen) atoms. The zero-order chi connectivity index (χ0) is 16.7. The maximum atomic E-state index is 10.6. The summed E-state index contributed by atoms with van der Waals surface area (Å²) in [6.45, 7) is 2.14. The molecule has 4 heteroatoms. The molecule has 0 aliphatic rings. The first-order valence-electron chi connectivity index (χ1n) is 7.82. The molecule has 2 aromatic rings. The Labute approximate surface area is 147 Å². The first kappa shape index (κ1) is 18.0. The molecule has 2 nitrogen and oxygen atoms in total. The summed E-state index contributed by atoms with van der Waals surface area (Å²) in [4.78, 5) is 4.09. The van der Waals surface area contributed by atoms with E-state index in [1.165, 1.54) is 0 Å². The van der Waals surface area contributed by atoms with Crippen LogP contribution in [0.2, 0.25) is 10.0 Å². The van der Waals surface area contributed by atoms with Crippen LogP contribution in [-0.4, -0.2) is 10.1 Å². The summed E-state index contributed by atoms with van der Waals surface area (Å²) in [5.74, 6) is 0. The molecule has 2 rings (SSSR count). The van der Waals surface area contributed by atoms with Gasteiger partial charge in [-0.15, -0.1) is 0 Å². The number of unbranched alkanes of at least 4 members (excludes halogenated alkanes) is 1. The van der Waals surface area contributed by atoms with E-state index in [2.05, 4.69) is 18.0 Å². The first-order chi connectivity index (χ1) is 11.1. The van der Waals surface area contributed by atoms with Crippen molar-refractivity contribution in [3.05, 3.63) is 75.5 Å². The van der Waals surface area contributed by atoms with Gasteiger partial charge in [0.1, 0.15) is 6.10 Å². The van der Waals surface area contributed by atoms with Gasteiger partial charge in [0.2, 0.25) is 0 Å². The maximum absolute atomic E-state index is 10.6. The van der Waals surface area contributed by atoms with E-state index < -0.39 is 6.10 Å². The minimum atomic E-state index is -0.624. The van der Waals surface area contributed by atoms with Crippen LogP contribution >= 0.6 is 23.2 Å². The molecule has 1 atom stereocenters. The van der Waals surface area contributed by atoms with Gasteiger partial charge in [0.25, 0.3) is 0 Å². The van der Waals surface area contributed by atoms with Crippen molar-refractivity contribution >= 4 is 23.2 Å². The normalized spacial score (nSPS) is 13.1. The minimum Gasteiger partial charge on any atom is -0.384 e. The van der Waals surface area contributed by atoms with Crippen LogP contribution in [0.15, 0.2) is 54.4 Å². The first-order valence-corrected chi connectivity index (χ1v) is 8.58.